The molecule has 1 aliphatic heterocycles. The average molecular weight is 304 g/mol. The lowest BCUT2D eigenvalue weighted by Gasteiger charge is -2.32. The molecule has 3 rings (SSSR count). The van der Waals surface area contributed by atoms with Crippen LogP contribution in [0.2, 0.25) is 0 Å². The molecule has 22 heavy (non-hydrogen) atoms. The maximum atomic E-state index is 5.86. The van der Waals surface area contributed by atoms with E-state index in [2.05, 4.69) is 46.1 Å². The maximum absolute atomic E-state index is 5.86. The van der Waals surface area contributed by atoms with Crippen LogP contribution >= 0.6 is 0 Å². The van der Waals surface area contributed by atoms with Crippen LogP contribution in [0, 0.1) is 0 Å². The summed E-state index contributed by atoms with van der Waals surface area (Å²) in [6.45, 7) is 9.93. The van der Waals surface area contributed by atoms with E-state index in [1.807, 2.05) is 17.8 Å². The summed E-state index contributed by atoms with van der Waals surface area (Å²) in [5, 5.41) is 15.5. The number of morpholine rings is 1. The molecule has 1 N–H and O–H groups in total. The van der Waals surface area contributed by atoms with Crippen molar-refractivity contribution in [3.05, 3.63) is 29.6 Å². The summed E-state index contributed by atoms with van der Waals surface area (Å²) in [6.07, 6.45) is 3.63. The molecule has 0 amide bonds. The van der Waals surface area contributed by atoms with Crippen LogP contribution in [0.3, 0.4) is 0 Å². The monoisotopic (exact) mass is 304 g/mol. The van der Waals surface area contributed by atoms with Crippen molar-refractivity contribution in [1.29, 1.82) is 0 Å². The molecule has 0 bridgehead atoms. The predicted octanol–water partition coefficient (Wildman–Crippen LogP) is 1.41. The lowest BCUT2D eigenvalue weighted by molar-refractivity contribution is -0.0386. The molecule has 0 radical (unpaired) electrons. The molecule has 0 aromatic carbocycles. The van der Waals surface area contributed by atoms with E-state index in [0.29, 0.717) is 6.61 Å². The first-order chi connectivity index (χ1) is 10.4. The van der Waals surface area contributed by atoms with E-state index in [9.17, 15) is 0 Å². The van der Waals surface area contributed by atoms with Gasteiger partial charge in [0.25, 0.3) is 0 Å². The lowest BCUT2D eigenvalue weighted by atomic mass is 9.89. The summed E-state index contributed by atoms with van der Waals surface area (Å²) in [5.41, 5.74) is 2.53. The van der Waals surface area contributed by atoms with E-state index in [-0.39, 0.29) is 11.5 Å². The van der Waals surface area contributed by atoms with E-state index in [1.165, 1.54) is 11.3 Å². The molecule has 120 valence electrons. The van der Waals surface area contributed by atoms with Crippen molar-refractivity contribution in [2.45, 2.75) is 38.8 Å². The summed E-state index contributed by atoms with van der Waals surface area (Å²) in [4.78, 5) is 2.39. The number of aryl methyl sites for hydroxylation is 1. The topological polar surface area (TPSA) is 71.9 Å². The van der Waals surface area contributed by atoms with Crippen LogP contribution in [0.15, 0.2) is 12.5 Å². The van der Waals surface area contributed by atoms with Gasteiger partial charge in [-0.3, -0.25) is 10.00 Å². The zero-order valence-corrected chi connectivity index (χ0v) is 13.7. The third-order valence-electron chi connectivity index (χ3n) is 4.05. The molecule has 1 unspecified atom stereocenters. The molecule has 1 atom stereocenters. The molecular formula is C15H24N6O. The minimum Gasteiger partial charge on any atom is -0.368 e. The second-order valence-electron chi connectivity index (χ2n) is 6.91. The van der Waals surface area contributed by atoms with E-state index in [0.717, 1.165) is 25.5 Å². The average Bonchev–Trinajstić information content (AvgIpc) is 3.07. The van der Waals surface area contributed by atoms with Gasteiger partial charge in [0, 0.05) is 43.4 Å². The number of hydrogen-bond acceptors (Lipinski definition) is 5. The van der Waals surface area contributed by atoms with Gasteiger partial charge in [0.2, 0.25) is 0 Å². The third kappa shape index (κ3) is 3.05. The Bertz CT molecular complexity index is 626. The first kappa shape index (κ1) is 15.2. The van der Waals surface area contributed by atoms with Crippen LogP contribution in [0.4, 0.5) is 0 Å². The minimum atomic E-state index is -0.0220. The molecular weight excluding hydrogens is 280 g/mol. The highest BCUT2D eigenvalue weighted by Crippen LogP contribution is 2.26. The van der Waals surface area contributed by atoms with E-state index in [4.69, 9.17) is 4.74 Å². The van der Waals surface area contributed by atoms with Crippen LogP contribution in [0.25, 0.3) is 0 Å². The van der Waals surface area contributed by atoms with Gasteiger partial charge in [0.15, 0.2) is 5.82 Å². The SMILES string of the molecule is Cn1cnnc1C1CN(Cc2cn[nH]c2C(C)(C)C)CCO1. The summed E-state index contributed by atoms with van der Waals surface area (Å²) < 4.78 is 7.78. The Morgan fingerprint density at radius 1 is 1.41 bits per heavy atom. The fourth-order valence-corrected chi connectivity index (χ4v) is 2.91. The quantitative estimate of drug-likeness (QED) is 0.928. The highest BCUT2D eigenvalue weighted by atomic mass is 16.5. The molecule has 1 saturated heterocycles. The zero-order valence-electron chi connectivity index (χ0n) is 13.7. The van der Waals surface area contributed by atoms with Gasteiger partial charge in [-0.05, 0) is 0 Å². The summed E-state index contributed by atoms with van der Waals surface area (Å²) in [7, 11) is 1.95. The van der Waals surface area contributed by atoms with Crippen molar-refractivity contribution in [2.24, 2.45) is 7.05 Å². The molecule has 0 aliphatic carbocycles. The highest BCUT2D eigenvalue weighted by molar-refractivity contribution is 5.23. The van der Waals surface area contributed by atoms with E-state index in [1.54, 1.807) is 6.33 Å². The molecule has 2 aromatic heterocycles. The zero-order chi connectivity index (χ0) is 15.7. The van der Waals surface area contributed by atoms with Crippen LogP contribution < -0.4 is 0 Å². The van der Waals surface area contributed by atoms with Gasteiger partial charge in [0.1, 0.15) is 12.4 Å². The van der Waals surface area contributed by atoms with Gasteiger partial charge in [-0.25, -0.2) is 0 Å². The van der Waals surface area contributed by atoms with Crippen molar-refractivity contribution in [2.75, 3.05) is 19.7 Å². The molecule has 0 spiro atoms. The normalized spacial score (nSPS) is 20.5. The maximum Gasteiger partial charge on any atom is 0.163 e. The van der Waals surface area contributed by atoms with Crippen LogP contribution in [0.1, 0.15) is 44.0 Å². The molecule has 1 fully saturated rings. The summed E-state index contributed by atoms with van der Waals surface area (Å²) in [5.74, 6) is 0.882. The number of nitrogens with zero attached hydrogens (tertiary/aromatic N) is 5. The largest absolute Gasteiger partial charge is 0.368 e. The fourth-order valence-electron chi connectivity index (χ4n) is 2.91. The van der Waals surface area contributed by atoms with Crippen LogP contribution in [-0.2, 0) is 23.7 Å². The van der Waals surface area contributed by atoms with Crippen molar-refractivity contribution in [3.63, 3.8) is 0 Å². The molecule has 1 aliphatic rings. The van der Waals surface area contributed by atoms with Gasteiger partial charge in [-0.1, -0.05) is 20.8 Å². The van der Waals surface area contributed by atoms with Gasteiger partial charge in [0.05, 0.1) is 12.8 Å². The summed E-state index contributed by atoms with van der Waals surface area (Å²) >= 11 is 0. The van der Waals surface area contributed by atoms with E-state index >= 15 is 0 Å². The van der Waals surface area contributed by atoms with Gasteiger partial charge in [-0.15, -0.1) is 10.2 Å². The van der Waals surface area contributed by atoms with Crippen molar-refractivity contribution in [3.8, 4) is 0 Å². The third-order valence-corrected chi connectivity index (χ3v) is 4.05. The molecule has 7 heteroatoms. The first-order valence-electron chi connectivity index (χ1n) is 7.65. The van der Waals surface area contributed by atoms with E-state index < -0.39 is 0 Å². The Morgan fingerprint density at radius 3 is 2.91 bits per heavy atom. The second-order valence-corrected chi connectivity index (χ2v) is 6.91. The van der Waals surface area contributed by atoms with Crippen LogP contribution in [-0.4, -0.2) is 49.6 Å². The van der Waals surface area contributed by atoms with Crippen molar-refractivity contribution in [1.82, 2.24) is 29.9 Å². The molecule has 0 saturated carbocycles. The summed E-state index contributed by atoms with van der Waals surface area (Å²) in [6, 6.07) is 0. The Morgan fingerprint density at radius 2 is 2.23 bits per heavy atom. The molecule has 2 aromatic rings. The first-order valence-corrected chi connectivity index (χ1v) is 7.65. The number of nitrogens with one attached hydrogen (secondary N) is 1. The minimum absolute atomic E-state index is 0.0220. The number of ether oxygens (including phenoxy) is 1. The Hall–Kier alpha value is -1.73. The number of hydrogen-bond donors (Lipinski definition) is 1. The Kier molecular flexibility index (Phi) is 4.01. The molecule has 3 heterocycles. The lowest BCUT2D eigenvalue weighted by Crippen LogP contribution is -2.39. The van der Waals surface area contributed by atoms with Crippen LogP contribution in [0.5, 0.6) is 0 Å². The smallest absolute Gasteiger partial charge is 0.163 e. The predicted molar refractivity (Wildman–Crippen MR) is 82.3 cm³/mol. The second kappa shape index (κ2) is 5.81. The highest BCUT2D eigenvalue weighted by Gasteiger charge is 2.27. The van der Waals surface area contributed by atoms with Gasteiger partial charge < -0.3 is 9.30 Å². The standard InChI is InChI=1S/C15H24N6O/c1-15(2,3)13-11(7-16-18-13)8-21-5-6-22-12(9-21)14-19-17-10-20(14)4/h7,10,12H,5-6,8-9H2,1-4H3,(H,16,18). The van der Waals surface area contributed by atoms with Gasteiger partial charge >= 0.3 is 0 Å². The number of aromatic amines is 1. The van der Waals surface area contributed by atoms with Gasteiger partial charge in [-0.2, -0.15) is 5.10 Å². The fraction of sp³-hybridized carbons (Fsp3) is 0.667. The van der Waals surface area contributed by atoms with Crippen molar-refractivity contribution < 1.29 is 4.74 Å². The molecule has 7 nitrogen and oxygen atoms in total. The number of aromatic nitrogens is 5. The number of H-pyrrole nitrogens is 1. The number of rotatable bonds is 3. The Balaban J connectivity index is 1.71. The Labute approximate surface area is 130 Å². The van der Waals surface area contributed by atoms with Crippen molar-refractivity contribution >= 4 is 0 Å².